The lowest BCUT2D eigenvalue weighted by atomic mass is 9.69. The van der Waals surface area contributed by atoms with Gasteiger partial charge in [-0.15, -0.1) is 0 Å². The van der Waals surface area contributed by atoms with Crippen molar-refractivity contribution in [3.63, 3.8) is 0 Å². The van der Waals surface area contributed by atoms with Gasteiger partial charge >= 0.3 is 0 Å². The average Bonchev–Trinajstić information content (AvgIpc) is 2.92. The third kappa shape index (κ3) is 9.64. The summed E-state index contributed by atoms with van der Waals surface area (Å²) >= 11 is 0. The topological polar surface area (TPSA) is 3.24 Å². The summed E-state index contributed by atoms with van der Waals surface area (Å²) in [5.74, 6) is 2.95. The van der Waals surface area contributed by atoms with Crippen LogP contribution in [-0.2, 0) is 0 Å². The summed E-state index contributed by atoms with van der Waals surface area (Å²) in [6.45, 7) is 23.8. The minimum atomic E-state index is 0.519. The van der Waals surface area contributed by atoms with Crippen LogP contribution in [0.15, 0.2) is 0 Å². The Bertz CT molecular complexity index is 392. The Hall–Kier alpha value is -0.0400. The minimum Gasteiger partial charge on any atom is -0.306 e. The zero-order chi connectivity index (χ0) is 21.6. The molecule has 0 aromatic carbocycles. The summed E-state index contributed by atoms with van der Waals surface area (Å²) in [6.07, 6.45) is 13.2. The quantitative estimate of drug-likeness (QED) is 0.399. The van der Waals surface area contributed by atoms with Crippen LogP contribution in [0.5, 0.6) is 0 Å². The molecule has 3 fully saturated rings. The Morgan fingerprint density at radius 2 is 0.893 bits per heavy atom. The van der Waals surface area contributed by atoms with Crippen molar-refractivity contribution < 1.29 is 0 Å². The van der Waals surface area contributed by atoms with E-state index in [1.54, 1.807) is 0 Å². The Labute approximate surface area is 179 Å². The molecule has 2 saturated carbocycles. The Kier molecular flexibility index (Phi) is 10.1. The molecular weight excluding hydrogens is 338 g/mol. The van der Waals surface area contributed by atoms with Crippen molar-refractivity contribution in [1.82, 2.24) is 4.90 Å². The van der Waals surface area contributed by atoms with Gasteiger partial charge in [0.1, 0.15) is 0 Å². The van der Waals surface area contributed by atoms with Gasteiger partial charge in [-0.25, -0.2) is 0 Å². The van der Waals surface area contributed by atoms with Gasteiger partial charge in [-0.3, -0.25) is 0 Å². The SMILES string of the molecule is CC(C)(C)C1CCC1.CC(C)(C)C1CCCCC1.CN1CCC(C(C)(C)C)C1. The number of hydrogen-bond donors (Lipinski definition) is 0. The Morgan fingerprint density at radius 3 is 1.07 bits per heavy atom. The first-order chi connectivity index (χ1) is 12.7. The van der Waals surface area contributed by atoms with Gasteiger partial charge < -0.3 is 4.90 Å². The summed E-state index contributed by atoms with van der Waals surface area (Å²) in [7, 11) is 2.21. The molecule has 1 heterocycles. The van der Waals surface area contributed by atoms with Gasteiger partial charge in [-0.05, 0) is 79.7 Å². The summed E-state index contributed by atoms with van der Waals surface area (Å²) in [5.41, 5.74) is 1.68. The van der Waals surface area contributed by atoms with Crippen molar-refractivity contribution in [3.05, 3.63) is 0 Å². The van der Waals surface area contributed by atoms with Crippen molar-refractivity contribution in [1.29, 1.82) is 0 Å². The van der Waals surface area contributed by atoms with E-state index in [0.717, 1.165) is 17.8 Å². The van der Waals surface area contributed by atoms with Gasteiger partial charge in [0.15, 0.2) is 0 Å². The van der Waals surface area contributed by atoms with Crippen LogP contribution in [0, 0.1) is 34.0 Å². The lowest BCUT2D eigenvalue weighted by Gasteiger charge is -2.37. The standard InChI is InChI=1S/C10H20.C9H19N.C8H16/c1-10(2,3)9-7-5-4-6-8-9;1-9(2,3)8-5-6-10(4)7-8;1-8(2,3)7-5-4-6-7/h9H,4-8H2,1-3H3;8H,5-7H2,1-4H3;7H,4-6H2,1-3H3. The van der Waals surface area contributed by atoms with Gasteiger partial charge in [0.05, 0.1) is 0 Å². The van der Waals surface area contributed by atoms with Crippen LogP contribution >= 0.6 is 0 Å². The average molecular weight is 394 g/mol. The number of likely N-dealkylation sites (tertiary alicyclic amines) is 1. The highest BCUT2D eigenvalue weighted by Crippen LogP contribution is 2.41. The highest BCUT2D eigenvalue weighted by atomic mass is 15.1. The molecule has 0 radical (unpaired) electrons. The van der Waals surface area contributed by atoms with E-state index in [4.69, 9.17) is 0 Å². The van der Waals surface area contributed by atoms with Gasteiger partial charge in [0.25, 0.3) is 0 Å². The highest BCUT2D eigenvalue weighted by molar-refractivity contribution is 4.82. The van der Waals surface area contributed by atoms with E-state index in [-0.39, 0.29) is 0 Å². The number of hydrogen-bond acceptors (Lipinski definition) is 1. The van der Waals surface area contributed by atoms with E-state index >= 15 is 0 Å². The number of nitrogens with zero attached hydrogens (tertiary/aromatic N) is 1. The van der Waals surface area contributed by atoms with Gasteiger partial charge in [-0.1, -0.05) is 88.0 Å². The second-order valence-electron chi connectivity index (χ2n) is 13.3. The van der Waals surface area contributed by atoms with Crippen molar-refractivity contribution in [2.45, 2.75) is 120 Å². The Morgan fingerprint density at radius 1 is 0.500 bits per heavy atom. The van der Waals surface area contributed by atoms with Crippen LogP contribution in [0.4, 0.5) is 0 Å². The van der Waals surface area contributed by atoms with Crippen LogP contribution in [0.3, 0.4) is 0 Å². The van der Waals surface area contributed by atoms with Crippen molar-refractivity contribution in [2.75, 3.05) is 20.1 Å². The number of rotatable bonds is 0. The molecular formula is C27H55N. The maximum atomic E-state index is 2.43. The monoisotopic (exact) mass is 393 g/mol. The smallest absolute Gasteiger partial charge is 0.00121 e. The molecule has 0 aromatic heterocycles. The largest absolute Gasteiger partial charge is 0.306 e. The van der Waals surface area contributed by atoms with E-state index in [2.05, 4.69) is 74.3 Å². The molecule has 0 aromatic rings. The van der Waals surface area contributed by atoms with Crippen LogP contribution in [0.1, 0.15) is 120 Å². The molecule has 0 bridgehead atoms. The summed E-state index contributed by atoms with van der Waals surface area (Å²) < 4.78 is 0. The molecule has 3 aliphatic rings. The molecule has 0 spiro atoms. The summed E-state index contributed by atoms with van der Waals surface area (Å²) in [6, 6.07) is 0. The lowest BCUT2D eigenvalue weighted by molar-refractivity contribution is 0.141. The summed E-state index contributed by atoms with van der Waals surface area (Å²) in [5, 5.41) is 0. The maximum absolute atomic E-state index is 2.43. The van der Waals surface area contributed by atoms with Crippen LogP contribution in [-0.4, -0.2) is 25.0 Å². The van der Waals surface area contributed by atoms with Crippen molar-refractivity contribution in [2.24, 2.45) is 34.0 Å². The molecule has 0 N–H and O–H groups in total. The Balaban J connectivity index is 0.000000212. The lowest BCUT2D eigenvalue weighted by Crippen LogP contribution is -2.26. The van der Waals surface area contributed by atoms with Gasteiger partial charge in [-0.2, -0.15) is 0 Å². The molecule has 0 amide bonds. The zero-order valence-corrected chi connectivity index (χ0v) is 21.5. The molecule has 1 heteroatoms. The molecule has 3 rings (SSSR count). The third-order valence-corrected chi connectivity index (χ3v) is 7.78. The fourth-order valence-corrected chi connectivity index (χ4v) is 4.88. The molecule has 1 nitrogen and oxygen atoms in total. The second-order valence-corrected chi connectivity index (χ2v) is 13.3. The first-order valence-electron chi connectivity index (χ1n) is 12.4. The first-order valence-corrected chi connectivity index (χ1v) is 12.4. The molecule has 1 atom stereocenters. The molecule has 1 saturated heterocycles. The van der Waals surface area contributed by atoms with Crippen LogP contribution in [0.2, 0.25) is 0 Å². The van der Waals surface area contributed by atoms with Crippen LogP contribution < -0.4 is 0 Å². The molecule has 1 aliphatic heterocycles. The molecule has 28 heavy (non-hydrogen) atoms. The zero-order valence-electron chi connectivity index (χ0n) is 21.5. The van der Waals surface area contributed by atoms with Crippen molar-refractivity contribution in [3.8, 4) is 0 Å². The maximum Gasteiger partial charge on any atom is 0.00121 e. The third-order valence-electron chi connectivity index (χ3n) is 7.78. The van der Waals surface area contributed by atoms with Crippen LogP contribution in [0.25, 0.3) is 0 Å². The molecule has 168 valence electrons. The van der Waals surface area contributed by atoms with Gasteiger partial charge in [0.2, 0.25) is 0 Å². The normalized spacial score (nSPS) is 25.3. The second kappa shape index (κ2) is 10.8. The van der Waals surface area contributed by atoms with E-state index in [1.807, 2.05) is 0 Å². The van der Waals surface area contributed by atoms with Gasteiger partial charge in [0, 0.05) is 6.54 Å². The molecule has 2 aliphatic carbocycles. The van der Waals surface area contributed by atoms with Crippen molar-refractivity contribution >= 4 is 0 Å². The molecule has 1 unspecified atom stereocenters. The van der Waals surface area contributed by atoms with E-state index in [1.165, 1.54) is 70.9 Å². The fraction of sp³-hybridized carbons (Fsp3) is 1.00. The predicted octanol–water partition coefficient (Wildman–Crippen LogP) is 8.43. The summed E-state index contributed by atoms with van der Waals surface area (Å²) in [4.78, 5) is 2.43. The predicted molar refractivity (Wildman–Crippen MR) is 128 cm³/mol. The van der Waals surface area contributed by atoms with E-state index < -0.39 is 0 Å². The van der Waals surface area contributed by atoms with E-state index in [0.29, 0.717) is 16.2 Å². The fourth-order valence-electron chi connectivity index (χ4n) is 4.88. The highest BCUT2D eigenvalue weighted by Gasteiger charge is 2.30. The minimum absolute atomic E-state index is 0.519. The van der Waals surface area contributed by atoms with E-state index in [9.17, 15) is 0 Å². The first kappa shape index (κ1) is 26.0.